The minimum Gasteiger partial charge on any atom is -0.493 e. The molecule has 0 bridgehead atoms. The Labute approximate surface area is 306 Å². The van der Waals surface area contributed by atoms with Gasteiger partial charge in [-0.3, -0.25) is 24.2 Å². The van der Waals surface area contributed by atoms with E-state index in [-0.39, 0.29) is 55.0 Å². The Hall–Kier alpha value is -6.22. The van der Waals surface area contributed by atoms with Crippen LogP contribution in [-0.2, 0) is 18.9 Å². The van der Waals surface area contributed by atoms with Crippen molar-refractivity contribution in [1.82, 2.24) is 24.3 Å². The highest BCUT2D eigenvalue weighted by molar-refractivity contribution is 6.04. The maximum atomic E-state index is 13.2. The molecule has 2 aliphatic rings. The topological polar surface area (TPSA) is 181 Å². The summed E-state index contributed by atoms with van der Waals surface area (Å²) in [5.41, 5.74) is 4.64. The molecule has 0 spiro atoms. The second-order valence-electron chi connectivity index (χ2n) is 12.9. The quantitative estimate of drug-likeness (QED) is 0.111. The van der Waals surface area contributed by atoms with Crippen molar-refractivity contribution < 1.29 is 33.8 Å². The number of carbonyl (C=O) groups excluding carboxylic acids is 4. The number of fused-ring (bicyclic) bond motifs is 2. The lowest BCUT2D eigenvalue weighted by Crippen LogP contribution is -2.35. The maximum absolute atomic E-state index is 13.2. The molecule has 0 aliphatic carbocycles. The summed E-state index contributed by atoms with van der Waals surface area (Å²) in [6, 6.07) is 12.2. The van der Waals surface area contributed by atoms with Crippen molar-refractivity contribution in [1.29, 1.82) is 0 Å². The highest BCUT2D eigenvalue weighted by Crippen LogP contribution is 2.38. The van der Waals surface area contributed by atoms with Gasteiger partial charge in [-0.2, -0.15) is 0 Å². The standard InChI is InChI=1S/C38H42N8O7/c1-23-15-27-19-40-29-18-32(31(52-4)17-28(29)38(51)46(27)20-23)53-14-5-7-34(48)42-33-22-45(3)35(43-33)37(50)41-26-10-8-24(9-11-26)25-16-30(44(2)21-25)36(49)39-12-6-13-47/h8-11,16-19,21-22,27,47H,1,5-7,12-15,20H2,2-4H3,(H,39,49)(H,41,50)(H,42,48)/t27-/m0/s1. The lowest BCUT2D eigenvalue weighted by molar-refractivity contribution is -0.116. The fraction of sp³-hybridized carbons (Fsp3) is 0.316. The van der Waals surface area contributed by atoms with Gasteiger partial charge in [-0.15, -0.1) is 0 Å². The van der Waals surface area contributed by atoms with E-state index in [1.54, 1.807) is 66.3 Å². The van der Waals surface area contributed by atoms with Crippen LogP contribution in [0, 0.1) is 0 Å². The van der Waals surface area contributed by atoms with Crippen LogP contribution in [-0.4, -0.2) is 93.4 Å². The zero-order chi connectivity index (χ0) is 37.6. The van der Waals surface area contributed by atoms with Crippen LogP contribution in [0.2, 0.25) is 0 Å². The normalized spacial score (nSPS) is 14.7. The number of aromatic nitrogens is 3. The number of hydrogen-bond acceptors (Lipinski definition) is 9. The first-order valence-electron chi connectivity index (χ1n) is 17.2. The molecule has 0 radical (unpaired) electrons. The zero-order valence-electron chi connectivity index (χ0n) is 29.8. The van der Waals surface area contributed by atoms with Gasteiger partial charge < -0.3 is 44.6 Å². The van der Waals surface area contributed by atoms with Crippen molar-refractivity contribution in [3.63, 3.8) is 0 Å². The van der Waals surface area contributed by atoms with Crippen LogP contribution < -0.4 is 25.4 Å². The molecule has 15 nitrogen and oxygen atoms in total. The number of rotatable bonds is 14. The molecule has 1 saturated heterocycles. The first-order chi connectivity index (χ1) is 25.5. The van der Waals surface area contributed by atoms with Gasteiger partial charge in [0.25, 0.3) is 17.7 Å². The molecule has 4 aromatic rings. The summed E-state index contributed by atoms with van der Waals surface area (Å²) in [7, 11) is 4.95. The fourth-order valence-electron chi connectivity index (χ4n) is 6.22. The summed E-state index contributed by atoms with van der Waals surface area (Å²) < 4.78 is 14.7. The Bertz CT molecular complexity index is 2080. The van der Waals surface area contributed by atoms with Crippen LogP contribution in [0.4, 0.5) is 17.2 Å². The molecule has 0 saturated carbocycles. The predicted octanol–water partition coefficient (Wildman–Crippen LogP) is 4.08. The molecule has 15 heteroatoms. The van der Waals surface area contributed by atoms with Gasteiger partial charge in [0.05, 0.1) is 31.0 Å². The Kier molecular flexibility index (Phi) is 11.0. The highest BCUT2D eigenvalue weighted by atomic mass is 16.5. The molecule has 1 atom stereocenters. The number of aryl methyl sites for hydroxylation is 2. The van der Waals surface area contributed by atoms with Crippen molar-refractivity contribution in [3.05, 3.63) is 84.1 Å². The smallest absolute Gasteiger partial charge is 0.291 e. The molecule has 4 N–H and O–H groups in total. The Morgan fingerprint density at radius 2 is 1.77 bits per heavy atom. The summed E-state index contributed by atoms with van der Waals surface area (Å²) in [5, 5.41) is 17.3. The van der Waals surface area contributed by atoms with E-state index in [1.807, 2.05) is 18.3 Å². The van der Waals surface area contributed by atoms with Gasteiger partial charge in [0.2, 0.25) is 11.7 Å². The molecule has 2 aliphatic heterocycles. The monoisotopic (exact) mass is 722 g/mol. The van der Waals surface area contributed by atoms with Gasteiger partial charge >= 0.3 is 0 Å². The van der Waals surface area contributed by atoms with Crippen LogP contribution in [0.25, 0.3) is 11.1 Å². The van der Waals surface area contributed by atoms with Crippen molar-refractivity contribution in [2.45, 2.75) is 31.7 Å². The Morgan fingerprint density at radius 3 is 2.53 bits per heavy atom. The molecule has 53 heavy (non-hydrogen) atoms. The molecule has 2 aromatic carbocycles. The molecule has 4 amide bonds. The number of aliphatic imine (C=N–C) groups is 1. The first kappa shape index (κ1) is 36.6. The number of carbonyl (C=O) groups is 4. The first-order valence-corrected chi connectivity index (χ1v) is 17.2. The van der Waals surface area contributed by atoms with Crippen molar-refractivity contribution >= 4 is 47.0 Å². The van der Waals surface area contributed by atoms with E-state index in [4.69, 9.17) is 14.6 Å². The number of ether oxygens (including phenoxy) is 2. The SMILES string of the molecule is C=C1C[C@H]2C=Nc3cc(OCCCC(=O)Nc4cn(C)c(C(=O)Nc5ccc(-c6cc(C(=O)NCCCO)n(C)c6)cc5)n4)c(OC)cc3C(=O)N2C1. The second-order valence-corrected chi connectivity index (χ2v) is 12.9. The number of methoxy groups -OCH3 is 1. The second kappa shape index (κ2) is 16.0. The number of nitrogens with zero attached hydrogens (tertiary/aromatic N) is 5. The van der Waals surface area contributed by atoms with E-state index in [0.717, 1.165) is 16.7 Å². The molecule has 2 aromatic heterocycles. The van der Waals surface area contributed by atoms with E-state index in [9.17, 15) is 19.2 Å². The van der Waals surface area contributed by atoms with Gasteiger partial charge in [-0.1, -0.05) is 24.3 Å². The Balaban J connectivity index is 0.991. The van der Waals surface area contributed by atoms with Crippen molar-refractivity contribution in [2.24, 2.45) is 19.1 Å². The summed E-state index contributed by atoms with van der Waals surface area (Å²) in [6.45, 7) is 5.10. The van der Waals surface area contributed by atoms with E-state index < -0.39 is 5.91 Å². The van der Waals surface area contributed by atoms with Crippen LogP contribution in [0.15, 0.2) is 72.0 Å². The summed E-state index contributed by atoms with van der Waals surface area (Å²) in [6.07, 6.45) is 6.84. The number of imidazole rings is 1. The van der Waals surface area contributed by atoms with Gasteiger partial charge in [-0.25, -0.2) is 4.98 Å². The van der Waals surface area contributed by atoms with Gasteiger partial charge in [-0.05, 0) is 49.1 Å². The number of amides is 4. The third-order valence-electron chi connectivity index (χ3n) is 8.94. The molecule has 0 unspecified atom stereocenters. The fourth-order valence-corrected chi connectivity index (χ4v) is 6.22. The summed E-state index contributed by atoms with van der Waals surface area (Å²) >= 11 is 0. The van der Waals surface area contributed by atoms with E-state index in [1.165, 1.54) is 11.7 Å². The minimum absolute atomic E-state index is 0.00573. The molecule has 1 fully saturated rings. The van der Waals surface area contributed by atoms with Gasteiger partial charge in [0.15, 0.2) is 17.3 Å². The van der Waals surface area contributed by atoms with Gasteiger partial charge in [0, 0.05) is 76.1 Å². The van der Waals surface area contributed by atoms with Crippen molar-refractivity contribution in [2.75, 3.05) is 44.0 Å². The minimum atomic E-state index is -0.456. The van der Waals surface area contributed by atoms with E-state index >= 15 is 0 Å². The third-order valence-corrected chi connectivity index (χ3v) is 8.94. The predicted molar refractivity (Wildman–Crippen MR) is 199 cm³/mol. The Morgan fingerprint density at radius 1 is 0.981 bits per heavy atom. The maximum Gasteiger partial charge on any atom is 0.291 e. The lowest BCUT2D eigenvalue weighted by Gasteiger charge is -2.20. The highest BCUT2D eigenvalue weighted by Gasteiger charge is 2.34. The number of hydrogen-bond donors (Lipinski definition) is 4. The molecular weight excluding hydrogens is 680 g/mol. The molecule has 6 rings (SSSR count). The molecule has 276 valence electrons. The average molecular weight is 723 g/mol. The number of aliphatic hydroxyl groups excluding tert-OH is 1. The number of nitrogens with one attached hydrogen (secondary N) is 3. The van der Waals surface area contributed by atoms with Crippen molar-refractivity contribution in [3.8, 4) is 22.6 Å². The number of benzene rings is 2. The number of aliphatic hydroxyl groups is 1. The van der Waals surface area contributed by atoms with Gasteiger partial charge in [0.1, 0.15) is 5.69 Å². The van der Waals surface area contributed by atoms with Crippen LogP contribution in [0.5, 0.6) is 11.5 Å². The third kappa shape index (κ3) is 8.31. The largest absolute Gasteiger partial charge is 0.493 e. The number of anilines is 2. The zero-order valence-corrected chi connectivity index (χ0v) is 29.8. The van der Waals surface area contributed by atoms with E-state index in [2.05, 4.69) is 32.5 Å². The van der Waals surface area contributed by atoms with Crippen LogP contribution >= 0.6 is 0 Å². The summed E-state index contributed by atoms with van der Waals surface area (Å²) in [5.74, 6) is 0.0403. The average Bonchev–Trinajstić information content (AvgIpc) is 3.82. The lowest BCUT2D eigenvalue weighted by atomic mass is 10.1. The van der Waals surface area contributed by atoms with Crippen LogP contribution in [0.1, 0.15) is 57.1 Å². The van der Waals surface area contributed by atoms with E-state index in [0.29, 0.717) is 66.5 Å². The van der Waals surface area contributed by atoms with Crippen LogP contribution in [0.3, 0.4) is 0 Å². The summed E-state index contributed by atoms with van der Waals surface area (Å²) in [4.78, 5) is 62.1. The molecular formula is C38H42N8O7. The molecule has 4 heterocycles.